The SMILES string of the molecule is COC(=O)N1C[C@@H](c2cc(-c3ccc(Cl)cc3)nn2-c2ncccn2)CC[C@@H]1c1ccccc1. The molecule has 0 unspecified atom stereocenters. The monoisotopic (exact) mass is 473 g/mol. The van der Waals surface area contributed by atoms with Crippen LogP contribution in [0.5, 0.6) is 0 Å². The third-order valence-corrected chi connectivity index (χ3v) is 6.46. The summed E-state index contributed by atoms with van der Waals surface area (Å²) >= 11 is 6.08. The number of rotatable bonds is 4. The predicted molar refractivity (Wildman–Crippen MR) is 130 cm³/mol. The maximum atomic E-state index is 12.8. The van der Waals surface area contributed by atoms with Gasteiger partial charge in [-0.25, -0.2) is 19.4 Å². The molecular formula is C26H24ClN5O2. The van der Waals surface area contributed by atoms with Crippen LogP contribution in [0, 0.1) is 0 Å². The Hall–Kier alpha value is -3.71. The standard InChI is InChI=1S/C26H24ClN5O2/c1-34-26(33)31-17-20(10-13-23(31)19-6-3-2-4-7-19)24-16-22(18-8-11-21(27)12-9-18)30-32(24)25-28-14-5-15-29-25/h2-9,11-12,14-16,20,23H,10,13,17H2,1H3/t20-,23+/m0/s1. The molecule has 5 rings (SSSR count). The third-order valence-electron chi connectivity index (χ3n) is 6.21. The Kier molecular flexibility index (Phi) is 6.27. The fourth-order valence-electron chi connectivity index (χ4n) is 4.56. The first-order valence-corrected chi connectivity index (χ1v) is 11.5. The minimum absolute atomic E-state index is 0.0371. The van der Waals surface area contributed by atoms with Crippen LogP contribution in [0.1, 0.15) is 36.1 Å². The van der Waals surface area contributed by atoms with Gasteiger partial charge in [0.15, 0.2) is 0 Å². The van der Waals surface area contributed by atoms with E-state index in [-0.39, 0.29) is 18.1 Å². The van der Waals surface area contributed by atoms with Gasteiger partial charge in [0.1, 0.15) is 0 Å². The van der Waals surface area contributed by atoms with E-state index in [0.717, 1.165) is 35.4 Å². The Balaban J connectivity index is 1.53. The van der Waals surface area contributed by atoms with Crippen molar-refractivity contribution in [1.29, 1.82) is 0 Å². The van der Waals surface area contributed by atoms with Crippen LogP contribution in [-0.4, -0.2) is 44.4 Å². The molecule has 0 spiro atoms. The number of piperidine rings is 1. The number of likely N-dealkylation sites (tertiary alicyclic amines) is 1. The van der Waals surface area contributed by atoms with E-state index in [2.05, 4.69) is 28.2 Å². The maximum Gasteiger partial charge on any atom is 0.410 e. The van der Waals surface area contributed by atoms with Crippen molar-refractivity contribution in [2.75, 3.05) is 13.7 Å². The molecule has 2 aromatic carbocycles. The van der Waals surface area contributed by atoms with Crippen molar-refractivity contribution in [1.82, 2.24) is 24.6 Å². The molecule has 1 amide bonds. The second-order valence-electron chi connectivity index (χ2n) is 8.25. The summed E-state index contributed by atoms with van der Waals surface area (Å²) in [6.45, 7) is 0.505. The molecule has 0 aliphatic carbocycles. The molecule has 8 heteroatoms. The lowest BCUT2D eigenvalue weighted by Gasteiger charge is -2.39. The molecule has 1 aliphatic heterocycles. The number of hydrogen-bond acceptors (Lipinski definition) is 5. The fourth-order valence-corrected chi connectivity index (χ4v) is 4.69. The molecule has 0 bridgehead atoms. The van der Waals surface area contributed by atoms with Crippen molar-refractivity contribution in [2.24, 2.45) is 0 Å². The average molecular weight is 474 g/mol. The van der Waals surface area contributed by atoms with Crippen LogP contribution in [0.2, 0.25) is 5.02 Å². The van der Waals surface area contributed by atoms with Crippen LogP contribution in [-0.2, 0) is 4.74 Å². The van der Waals surface area contributed by atoms with Crippen LogP contribution in [0.25, 0.3) is 17.2 Å². The number of carbonyl (C=O) groups is 1. The van der Waals surface area contributed by atoms with Gasteiger partial charge < -0.3 is 9.64 Å². The van der Waals surface area contributed by atoms with Crippen molar-refractivity contribution >= 4 is 17.7 Å². The summed E-state index contributed by atoms with van der Waals surface area (Å²) in [4.78, 5) is 23.4. The Labute approximate surface area is 203 Å². The van der Waals surface area contributed by atoms with E-state index in [1.54, 1.807) is 23.1 Å². The van der Waals surface area contributed by atoms with E-state index >= 15 is 0 Å². The Morgan fingerprint density at radius 1 is 1.00 bits per heavy atom. The summed E-state index contributed by atoms with van der Waals surface area (Å²) in [6.07, 6.45) is 4.75. The van der Waals surface area contributed by atoms with Gasteiger partial charge in [0.2, 0.25) is 0 Å². The van der Waals surface area contributed by atoms with Crippen LogP contribution in [0.4, 0.5) is 4.79 Å². The molecule has 2 aromatic heterocycles. The fraction of sp³-hybridized carbons (Fsp3) is 0.231. The summed E-state index contributed by atoms with van der Waals surface area (Å²) in [7, 11) is 1.43. The normalized spacial score (nSPS) is 18.0. The minimum Gasteiger partial charge on any atom is -0.453 e. The first-order chi connectivity index (χ1) is 16.6. The molecule has 0 radical (unpaired) electrons. The van der Waals surface area contributed by atoms with Gasteiger partial charge >= 0.3 is 6.09 Å². The summed E-state index contributed by atoms with van der Waals surface area (Å²) in [5.41, 5.74) is 3.81. The van der Waals surface area contributed by atoms with Crippen LogP contribution in [0.15, 0.2) is 79.1 Å². The summed E-state index contributed by atoms with van der Waals surface area (Å²) in [6, 6.07) is 21.5. The molecule has 172 valence electrons. The second-order valence-corrected chi connectivity index (χ2v) is 8.68. The van der Waals surface area contributed by atoms with Crippen LogP contribution in [0.3, 0.4) is 0 Å². The van der Waals surface area contributed by atoms with Gasteiger partial charge in [-0.1, -0.05) is 54.1 Å². The lowest BCUT2D eigenvalue weighted by Crippen LogP contribution is -2.41. The number of methoxy groups -OCH3 is 1. The lowest BCUT2D eigenvalue weighted by atomic mass is 9.87. The summed E-state index contributed by atoms with van der Waals surface area (Å²) in [5, 5.41) is 5.51. The number of nitrogens with zero attached hydrogens (tertiary/aromatic N) is 5. The van der Waals surface area contributed by atoms with E-state index in [1.165, 1.54) is 7.11 Å². The topological polar surface area (TPSA) is 73.1 Å². The number of aromatic nitrogens is 4. The molecule has 4 aromatic rings. The second kappa shape index (κ2) is 9.65. The highest BCUT2D eigenvalue weighted by Crippen LogP contribution is 2.39. The van der Waals surface area contributed by atoms with Gasteiger partial charge in [-0.15, -0.1) is 0 Å². The minimum atomic E-state index is -0.335. The maximum absolute atomic E-state index is 12.8. The average Bonchev–Trinajstić information content (AvgIpc) is 3.35. The van der Waals surface area contributed by atoms with Crippen molar-refractivity contribution in [3.8, 4) is 17.2 Å². The van der Waals surface area contributed by atoms with Gasteiger partial charge in [-0.2, -0.15) is 5.10 Å². The number of halogens is 1. The Morgan fingerprint density at radius 2 is 1.74 bits per heavy atom. The van der Waals surface area contributed by atoms with E-state index in [9.17, 15) is 4.79 Å². The van der Waals surface area contributed by atoms with Gasteiger partial charge in [-0.05, 0) is 42.7 Å². The first kappa shape index (κ1) is 22.1. The van der Waals surface area contributed by atoms with Crippen molar-refractivity contribution in [2.45, 2.75) is 24.8 Å². The first-order valence-electron chi connectivity index (χ1n) is 11.2. The molecule has 1 fully saturated rings. The highest BCUT2D eigenvalue weighted by atomic mass is 35.5. The molecule has 34 heavy (non-hydrogen) atoms. The van der Waals surface area contributed by atoms with Gasteiger partial charge in [-0.3, -0.25) is 0 Å². The summed E-state index contributed by atoms with van der Waals surface area (Å²) in [5.74, 6) is 0.531. The largest absolute Gasteiger partial charge is 0.453 e. The molecule has 0 saturated carbocycles. The highest BCUT2D eigenvalue weighted by molar-refractivity contribution is 6.30. The molecule has 1 saturated heterocycles. The number of ether oxygens (including phenoxy) is 1. The number of hydrogen-bond donors (Lipinski definition) is 0. The highest BCUT2D eigenvalue weighted by Gasteiger charge is 2.35. The smallest absolute Gasteiger partial charge is 0.410 e. The van der Waals surface area contributed by atoms with E-state index in [0.29, 0.717) is 17.5 Å². The Morgan fingerprint density at radius 3 is 2.44 bits per heavy atom. The molecule has 1 aliphatic rings. The zero-order valence-electron chi connectivity index (χ0n) is 18.7. The lowest BCUT2D eigenvalue weighted by molar-refractivity contribution is 0.0826. The van der Waals surface area contributed by atoms with E-state index < -0.39 is 0 Å². The quantitative estimate of drug-likeness (QED) is 0.382. The summed E-state index contributed by atoms with van der Waals surface area (Å²) < 4.78 is 6.94. The van der Waals surface area contributed by atoms with Crippen molar-refractivity contribution < 1.29 is 9.53 Å². The van der Waals surface area contributed by atoms with Gasteiger partial charge in [0.25, 0.3) is 5.95 Å². The molecule has 0 N–H and O–H groups in total. The molecular weight excluding hydrogens is 450 g/mol. The van der Waals surface area contributed by atoms with E-state index in [1.807, 2.05) is 47.4 Å². The van der Waals surface area contributed by atoms with E-state index in [4.69, 9.17) is 21.4 Å². The predicted octanol–water partition coefficient (Wildman–Crippen LogP) is 5.67. The number of carbonyl (C=O) groups excluding carboxylic acids is 1. The molecule has 7 nitrogen and oxygen atoms in total. The molecule has 3 heterocycles. The zero-order chi connectivity index (χ0) is 23.5. The van der Waals surface area contributed by atoms with Crippen LogP contribution >= 0.6 is 11.6 Å². The van der Waals surface area contributed by atoms with Crippen molar-refractivity contribution in [3.05, 3.63) is 95.4 Å². The molecule has 2 atom stereocenters. The third kappa shape index (κ3) is 4.39. The number of amides is 1. The number of benzene rings is 2. The van der Waals surface area contributed by atoms with Crippen LogP contribution < -0.4 is 0 Å². The van der Waals surface area contributed by atoms with Crippen molar-refractivity contribution in [3.63, 3.8) is 0 Å². The zero-order valence-corrected chi connectivity index (χ0v) is 19.5. The Bertz CT molecular complexity index is 1260. The van der Waals surface area contributed by atoms with Gasteiger partial charge in [0.05, 0.1) is 24.5 Å². The van der Waals surface area contributed by atoms with Gasteiger partial charge in [0, 0.05) is 35.4 Å².